The van der Waals surface area contributed by atoms with Gasteiger partial charge in [0.2, 0.25) is 5.90 Å². The van der Waals surface area contributed by atoms with E-state index in [0.29, 0.717) is 5.90 Å². The van der Waals surface area contributed by atoms with E-state index in [1.54, 1.807) is 7.11 Å². The van der Waals surface area contributed by atoms with E-state index in [0.717, 1.165) is 79.1 Å². The van der Waals surface area contributed by atoms with E-state index in [4.69, 9.17) is 14.5 Å². The summed E-state index contributed by atoms with van der Waals surface area (Å²) in [7, 11) is 5.04. The quantitative estimate of drug-likeness (QED) is 0.0350. The molecule has 284 valence electrons. The van der Waals surface area contributed by atoms with Crippen LogP contribution in [0.3, 0.4) is 0 Å². The Labute approximate surface area is 302 Å². The van der Waals surface area contributed by atoms with Crippen molar-refractivity contribution in [2.45, 2.75) is 153 Å². The Morgan fingerprint density at radius 2 is 1.55 bits per heavy atom. The standard InChI is InChI=1S/C29H50N4O2.C8H14O2.2C2H6/c1-11-15-16-19-28(35-22(5)6)32-27(14-4)31-25(18-13-3)29(33-30-9)24(8)20-21-26(34-10)23(7)17-12-2;1-10-8(9)7-5-3-2-4-6-7;2*1-2/h14,16-17,19-22,30-31,33H,11-13,15,18H2,1-10H3;7H,2-6H2,1H3;2*1-2H3/b19-16+,23-17+,24-20+,26-21+,27-14-,29-25+,32-28+;;;. The minimum absolute atomic E-state index is 0.0142. The Bertz CT molecular complexity index is 1060. The summed E-state index contributed by atoms with van der Waals surface area (Å²) in [5.41, 5.74) is 10.6. The van der Waals surface area contributed by atoms with Crippen LogP contribution < -0.4 is 16.2 Å². The molecular weight excluding hydrogens is 612 g/mol. The summed E-state index contributed by atoms with van der Waals surface area (Å²) < 4.78 is 16.2. The molecule has 0 spiro atoms. The average Bonchev–Trinajstić information content (AvgIpc) is 3.12. The van der Waals surface area contributed by atoms with Crippen LogP contribution in [0.1, 0.15) is 147 Å². The smallest absolute Gasteiger partial charge is 0.308 e. The number of rotatable bonds is 17. The molecule has 0 heterocycles. The molecule has 0 bridgehead atoms. The molecule has 3 N–H and O–H groups in total. The van der Waals surface area contributed by atoms with Gasteiger partial charge in [-0.3, -0.25) is 4.79 Å². The summed E-state index contributed by atoms with van der Waals surface area (Å²) in [6, 6.07) is 0. The Kier molecular flexibility index (Phi) is 35.4. The molecule has 0 aliphatic heterocycles. The number of aliphatic imine (C=N–C) groups is 1. The molecule has 0 saturated heterocycles. The van der Waals surface area contributed by atoms with Gasteiger partial charge in [-0.15, -0.1) is 0 Å². The van der Waals surface area contributed by atoms with Gasteiger partial charge < -0.3 is 25.0 Å². The number of nitrogens with one attached hydrogen (secondary N) is 3. The number of hydrazine groups is 1. The second kappa shape index (κ2) is 34.6. The molecule has 0 aromatic heterocycles. The fourth-order valence-electron chi connectivity index (χ4n) is 4.73. The zero-order chi connectivity index (χ0) is 38.0. The third-order valence-electron chi connectivity index (χ3n) is 7.04. The lowest BCUT2D eigenvalue weighted by molar-refractivity contribution is -0.146. The zero-order valence-electron chi connectivity index (χ0n) is 34.3. The van der Waals surface area contributed by atoms with Crippen molar-refractivity contribution in [3.8, 4) is 0 Å². The number of carbonyl (C=O) groups is 1. The van der Waals surface area contributed by atoms with Crippen molar-refractivity contribution in [2.75, 3.05) is 21.3 Å². The first-order valence-electron chi connectivity index (χ1n) is 18.8. The van der Waals surface area contributed by atoms with Gasteiger partial charge in [-0.2, -0.15) is 4.99 Å². The number of methoxy groups -OCH3 is 2. The second-order valence-corrected chi connectivity index (χ2v) is 11.3. The molecule has 8 nitrogen and oxygen atoms in total. The van der Waals surface area contributed by atoms with Gasteiger partial charge in [-0.05, 0) is 96.1 Å². The number of ether oxygens (including phenoxy) is 3. The van der Waals surface area contributed by atoms with Crippen LogP contribution in [0.15, 0.2) is 75.6 Å². The molecule has 1 saturated carbocycles. The maximum Gasteiger partial charge on any atom is 0.308 e. The highest BCUT2D eigenvalue weighted by Gasteiger charge is 2.21. The van der Waals surface area contributed by atoms with Gasteiger partial charge in [0.25, 0.3) is 0 Å². The molecule has 0 unspecified atom stereocenters. The Morgan fingerprint density at radius 1 is 0.918 bits per heavy atom. The molecule has 8 heteroatoms. The van der Waals surface area contributed by atoms with Crippen LogP contribution in [0, 0.1) is 5.92 Å². The predicted molar refractivity (Wildman–Crippen MR) is 213 cm³/mol. The topological polar surface area (TPSA) is 93.2 Å². The lowest BCUT2D eigenvalue weighted by atomic mass is 9.89. The van der Waals surface area contributed by atoms with Gasteiger partial charge in [0, 0.05) is 12.7 Å². The minimum atomic E-state index is -0.0142. The zero-order valence-corrected chi connectivity index (χ0v) is 34.3. The number of carbonyl (C=O) groups excluding carboxylic acids is 1. The SMILES string of the molecule is CC.CC.COC(=O)C1CCCCC1.C\C=C(/N=C(\C=C\CCC)OC(C)C)N\C(CCC)=C(NNC)/C(C)=C/C=C(OC)\C(C)=C\CC. The van der Waals surface area contributed by atoms with E-state index in [1.165, 1.54) is 26.4 Å². The van der Waals surface area contributed by atoms with Gasteiger partial charge in [0.1, 0.15) is 11.6 Å². The number of hydrogen-bond acceptors (Lipinski definition) is 8. The van der Waals surface area contributed by atoms with E-state index < -0.39 is 0 Å². The lowest BCUT2D eigenvalue weighted by Gasteiger charge is -2.20. The van der Waals surface area contributed by atoms with Crippen molar-refractivity contribution in [1.29, 1.82) is 0 Å². The molecule has 0 aromatic rings. The van der Waals surface area contributed by atoms with Crippen LogP contribution in [-0.2, 0) is 19.0 Å². The molecular formula is C41H76N4O4. The van der Waals surface area contributed by atoms with Crippen molar-refractivity contribution >= 4 is 11.9 Å². The first kappa shape index (κ1) is 50.1. The molecule has 1 aliphatic rings. The molecule has 1 aliphatic carbocycles. The van der Waals surface area contributed by atoms with E-state index >= 15 is 0 Å². The van der Waals surface area contributed by atoms with Gasteiger partial charge >= 0.3 is 5.97 Å². The predicted octanol–water partition coefficient (Wildman–Crippen LogP) is 11.0. The lowest BCUT2D eigenvalue weighted by Crippen LogP contribution is -2.31. The highest BCUT2D eigenvalue weighted by Crippen LogP contribution is 2.24. The van der Waals surface area contributed by atoms with Crippen molar-refractivity contribution in [3.63, 3.8) is 0 Å². The number of nitrogens with zero attached hydrogens (tertiary/aromatic N) is 1. The van der Waals surface area contributed by atoms with E-state index in [-0.39, 0.29) is 18.0 Å². The van der Waals surface area contributed by atoms with Gasteiger partial charge in [0.05, 0.1) is 31.9 Å². The number of hydrogen-bond donors (Lipinski definition) is 3. The highest BCUT2D eigenvalue weighted by atomic mass is 16.5. The number of allylic oxidation sites excluding steroid dienone is 8. The summed E-state index contributed by atoms with van der Waals surface area (Å²) in [4.78, 5) is 15.7. The average molecular weight is 689 g/mol. The second-order valence-electron chi connectivity index (χ2n) is 11.3. The summed E-state index contributed by atoms with van der Waals surface area (Å²) in [6.07, 6.45) is 22.9. The first-order chi connectivity index (χ1) is 23.6. The maximum atomic E-state index is 10.9. The summed E-state index contributed by atoms with van der Waals surface area (Å²) in [5.74, 6) is 2.39. The first-order valence-corrected chi connectivity index (χ1v) is 18.8. The van der Waals surface area contributed by atoms with Crippen LogP contribution in [0.4, 0.5) is 0 Å². The fourth-order valence-corrected chi connectivity index (χ4v) is 4.73. The Hall–Kier alpha value is -3.26. The van der Waals surface area contributed by atoms with Crippen LogP contribution >= 0.6 is 0 Å². The third-order valence-corrected chi connectivity index (χ3v) is 7.04. The van der Waals surface area contributed by atoms with Crippen LogP contribution in [0.2, 0.25) is 0 Å². The summed E-state index contributed by atoms with van der Waals surface area (Å²) in [5, 5.41) is 3.54. The number of unbranched alkanes of at least 4 members (excludes halogenated alkanes) is 1. The van der Waals surface area contributed by atoms with Gasteiger partial charge in [0.15, 0.2) is 0 Å². The normalized spacial score (nSPS) is 15.1. The number of esters is 1. The largest absolute Gasteiger partial charge is 0.497 e. The summed E-state index contributed by atoms with van der Waals surface area (Å²) >= 11 is 0. The van der Waals surface area contributed by atoms with Crippen molar-refractivity contribution in [1.82, 2.24) is 16.2 Å². The van der Waals surface area contributed by atoms with E-state index in [9.17, 15) is 4.79 Å². The van der Waals surface area contributed by atoms with Crippen LogP contribution in [-0.4, -0.2) is 39.2 Å². The molecule has 1 rings (SSSR count). The van der Waals surface area contributed by atoms with E-state index in [2.05, 4.69) is 73.8 Å². The monoisotopic (exact) mass is 689 g/mol. The Balaban J connectivity index is -0.00000125. The van der Waals surface area contributed by atoms with Crippen molar-refractivity contribution in [3.05, 3.63) is 70.6 Å². The maximum absolute atomic E-state index is 10.9. The van der Waals surface area contributed by atoms with E-state index in [1.807, 2.05) is 73.7 Å². The van der Waals surface area contributed by atoms with Gasteiger partial charge in [-0.1, -0.05) is 98.8 Å². The highest BCUT2D eigenvalue weighted by molar-refractivity contribution is 5.88. The third kappa shape index (κ3) is 24.5. The van der Waals surface area contributed by atoms with Crippen molar-refractivity contribution in [2.24, 2.45) is 10.9 Å². The van der Waals surface area contributed by atoms with Crippen molar-refractivity contribution < 1.29 is 19.0 Å². The minimum Gasteiger partial charge on any atom is -0.497 e. The fraction of sp³-hybridized carbons (Fsp3) is 0.659. The Morgan fingerprint density at radius 3 is 2.02 bits per heavy atom. The molecule has 0 radical (unpaired) electrons. The summed E-state index contributed by atoms with van der Waals surface area (Å²) in [6.45, 7) is 24.6. The molecule has 1 fully saturated rings. The van der Waals surface area contributed by atoms with Crippen LogP contribution in [0.25, 0.3) is 0 Å². The molecule has 0 aromatic carbocycles. The molecule has 0 atom stereocenters. The molecule has 0 amide bonds. The molecule has 49 heavy (non-hydrogen) atoms. The van der Waals surface area contributed by atoms with Gasteiger partial charge in [-0.25, -0.2) is 5.43 Å². The van der Waals surface area contributed by atoms with Crippen LogP contribution in [0.5, 0.6) is 0 Å².